The van der Waals surface area contributed by atoms with Gasteiger partial charge in [0.15, 0.2) is 11.6 Å². The number of ether oxygens (including phenoxy) is 1. The number of rotatable bonds is 6. The Kier molecular flexibility index (Phi) is 5.35. The number of nitrogen functional groups attached to an aromatic ring is 2. The number of hydrogen-bond donors (Lipinski definition) is 2. The smallest absolute Gasteiger partial charge is 0.187 e. The van der Waals surface area contributed by atoms with Gasteiger partial charge in [-0.05, 0) is 12.5 Å². The van der Waals surface area contributed by atoms with Gasteiger partial charge in [0, 0.05) is 0 Å². The second-order valence-corrected chi connectivity index (χ2v) is 4.30. The summed E-state index contributed by atoms with van der Waals surface area (Å²) in [5.41, 5.74) is 11.4. The summed E-state index contributed by atoms with van der Waals surface area (Å²) in [6, 6.07) is 1.41. The quantitative estimate of drug-likeness (QED) is 0.607. The Labute approximate surface area is 106 Å². The predicted octanol–water partition coefficient (Wildman–Crippen LogP) is 3.60. The summed E-state index contributed by atoms with van der Waals surface area (Å²) < 4.78 is 19.0. The van der Waals surface area contributed by atoms with Gasteiger partial charge in [-0.2, -0.15) is 0 Å². The van der Waals surface area contributed by atoms with Crippen LogP contribution in [-0.2, 0) is 0 Å². The molecule has 0 amide bonds. The summed E-state index contributed by atoms with van der Waals surface area (Å²) in [6.45, 7) is 2.56. The lowest BCUT2D eigenvalue weighted by Gasteiger charge is -2.12. The highest BCUT2D eigenvalue weighted by Gasteiger charge is 2.15. The summed E-state index contributed by atoms with van der Waals surface area (Å²) in [7, 11) is 0. The molecule has 0 fully saturated rings. The van der Waals surface area contributed by atoms with E-state index in [1.807, 2.05) is 0 Å². The third-order valence-corrected chi connectivity index (χ3v) is 2.85. The van der Waals surface area contributed by atoms with Crippen LogP contribution in [0.25, 0.3) is 0 Å². The molecule has 0 unspecified atom stereocenters. The second kappa shape index (κ2) is 6.55. The fourth-order valence-electron chi connectivity index (χ4n) is 1.50. The fraction of sp³-hybridized carbons (Fsp3) is 0.500. The number of nitrogens with two attached hydrogens (primary N) is 2. The van der Waals surface area contributed by atoms with E-state index in [0.29, 0.717) is 6.61 Å². The molecule has 0 aromatic heterocycles. The molecule has 0 heterocycles. The molecule has 4 N–H and O–H groups in total. The number of anilines is 2. The van der Waals surface area contributed by atoms with Gasteiger partial charge in [-0.15, -0.1) is 0 Å². The van der Waals surface area contributed by atoms with Gasteiger partial charge in [-0.3, -0.25) is 0 Å². The van der Waals surface area contributed by atoms with Gasteiger partial charge < -0.3 is 16.2 Å². The number of halogens is 2. The molecule has 1 aromatic carbocycles. The van der Waals surface area contributed by atoms with Crippen molar-refractivity contribution in [2.75, 3.05) is 18.1 Å². The van der Waals surface area contributed by atoms with Crippen LogP contribution in [0.1, 0.15) is 32.6 Å². The monoisotopic (exact) mass is 260 g/mol. The first-order valence-electron chi connectivity index (χ1n) is 5.73. The predicted molar refractivity (Wildman–Crippen MR) is 69.9 cm³/mol. The van der Waals surface area contributed by atoms with Crippen molar-refractivity contribution < 1.29 is 9.13 Å². The highest BCUT2D eigenvalue weighted by molar-refractivity contribution is 6.33. The van der Waals surface area contributed by atoms with Crippen LogP contribution in [0.4, 0.5) is 15.8 Å². The van der Waals surface area contributed by atoms with Gasteiger partial charge in [0.1, 0.15) is 5.02 Å². The van der Waals surface area contributed by atoms with Crippen molar-refractivity contribution in [3.05, 3.63) is 16.9 Å². The van der Waals surface area contributed by atoms with Gasteiger partial charge in [0.2, 0.25) is 0 Å². The third-order valence-electron chi connectivity index (χ3n) is 2.46. The van der Waals surface area contributed by atoms with E-state index in [1.165, 1.54) is 6.07 Å². The van der Waals surface area contributed by atoms with Crippen molar-refractivity contribution in [2.24, 2.45) is 0 Å². The summed E-state index contributed by atoms with van der Waals surface area (Å²) >= 11 is 5.68. The summed E-state index contributed by atoms with van der Waals surface area (Å²) in [6.07, 6.45) is 4.21. The lowest BCUT2D eigenvalue weighted by molar-refractivity contribution is 0.292. The minimum atomic E-state index is -0.681. The van der Waals surface area contributed by atoms with Crippen LogP contribution in [-0.4, -0.2) is 6.61 Å². The van der Waals surface area contributed by atoms with Crippen molar-refractivity contribution in [3.8, 4) is 5.75 Å². The zero-order valence-electron chi connectivity index (χ0n) is 9.93. The topological polar surface area (TPSA) is 61.3 Å². The van der Waals surface area contributed by atoms with Crippen LogP contribution in [0.15, 0.2) is 6.07 Å². The fourth-order valence-corrected chi connectivity index (χ4v) is 1.64. The molecule has 0 saturated carbocycles. The van der Waals surface area contributed by atoms with E-state index >= 15 is 0 Å². The van der Waals surface area contributed by atoms with Crippen molar-refractivity contribution in [3.63, 3.8) is 0 Å². The third kappa shape index (κ3) is 3.66. The highest BCUT2D eigenvalue weighted by Crippen LogP contribution is 2.35. The molecular formula is C12H18ClFN2O. The van der Waals surface area contributed by atoms with Crippen molar-refractivity contribution in [1.29, 1.82) is 0 Å². The van der Waals surface area contributed by atoms with Gasteiger partial charge in [0.05, 0.1) is 18.0 Å². The lowest BCUT2D eigenvalue weighted by atomic mass is 10.2. The Morgan fingerprint density at radius 3 is 2.59 bits per heavy atom. The standard InChI is InChI=1S/C12H18ClFN2O/c1-2-3-4-5-6-17-12-9(16)7-8(15)10(13)11(12)14/h7H,2-6,15-16H2,1H3. The van der Waals surface area contributed by atoms with Crippen LogP contribution >= 0.6 is 11.6 Å². The Morgan fingerprint density at radius 2 is 1.94 bits per heavy atom. The molecule has 1 rings (SSSR count). The average Bonchev–Trinajstić information content (AvgIpc) is 2.30. The molecule has 0 radical (unpaired) electrons. The van der Waals surface area contributed by atoms with E-state index in [4.69, 9.17) is 27.8 Å². The summed E-state index contributed by atoms with van der Waals surface area (Å²) in [5, 5.41) is -0.136. The van der Waals surface area contributed by atoms with Gasteiger partial charge in [-0.25, -0.2) is 4.39 Å². The minimum absolute atomic E-state index is 0.000647. The number of unbranched alkanes of at least 4 members (excludes halogenated alkanes) is 3. The van der Waals surface area contributed by atoms with Crippen LogP contribution in [0.2, 0.25) is 5.02 Å². The van der Waals surface area contributed by atoms with E-state index < -0.39 is 5.82 Å². The van der Waals surface area contributed by atoms with E-state index in [1.54, 1.807) is 0 Å². The van der Waals surface area contributed by atoms with Gasteiger partial charge in [-0.1, -0.05) is 37.8 Å². The number of hydrogen-bond acceptors (Lipinski definition) is 3. The van der Waals surface area contributed by atoms with Crippen LogP contribution in [0.5, 0.6) is 5.75 Å². The first kappa shape index (κ1) is 13.9. The molecule has 0 atom stereocenters. The van der Waals surface area contributed by atoms with Gasteiger partial charge in [0.25, 0.3) is 0 Å². The maximum atomic E-state index is 13.7. The maximum absolute atomic E-state index is 13.7. The SMILES string of the molecule is CCCCCCOc1c(N)cc(N)c(Cl)c1F. The average molecular weight is 261 g/mol. The molecule has 5 heteroatoms. The summed E-state index contributed by atoms with van der Waals surface area (Å²) in [4.78, 5) is 0. The van der Waals surface area contributed by atoms with Crippen LogP contribution < -0.4 is 16.2 Å². The summed E-state index contributed by atoms with van der Waals surface area (Å²) in [5.74, 6) is -0.680. The Bertz CT molecular complexity index is 385. The van der Waals surface area contributed by atoms with E-state index in [2.05, 4.69) is 6.92 Å². The second-order valence-electron chi connectivity index (χ2n) is 3.92. The van der Waals surface area contributed by atoms with E-state index in [-0.39, 0.29) is 22.1 Å². The minimum Gasteiger partial charge on any atom is -0.488 e. The largest absolute Gasteiger partial charge is 0.488 e. The molecule has 0 aliphatic rings. The molecule has 0 saturated heterocycles. The zero-order valence-corrected chi connectivity index (χ0v) is 10.7. The lowest BCUT2D eigenvalue weighted by Crippen LogP contribution is -2.04. The van der Waals surface area contributed by atoms with Crippen LogP contribution in [0, 0.1) is 5.82 Å². The Hall–Kier alpha value is -1.16. The van der Waals surface area contributed by atoms with Crippen LogP contribution in [0.3, 0.4) is 0 Å². The molecule has 0 aliphatic carbocycles. The highest BCUT2D eigenvalue weighted by atomic mass is 35.5. The molecule has 1 aromatic rings. The van der Waals surface area contributed by atoms with Gasteiger partial charge >= 0.3 is 0 Å². The first-order valence-corrected chi connectivity index (χ1v) is 6.11. The Balaban J connectivity index is 2.62. The molecule has 96 valence electrons. The van der Waals surface area contributed by atoms with Crippen molar-refractivity contribution >= 4 is 23.0 Å². The van der Waals surface area contributed by atoms with Crippen molar-refractivity contribution in [1.82, 2.24) is 0 Å². The normalized spacial score (nSPS) is 10.5. The first-order chi connectivity index (χ1) is 8.07. The Morgan fingerprint density at radius 1 is 1.24 bits per heavy atom. The molecule has 3 nitrogen and oxygen atoms in total. The number of benzene rings is 1. The van der Waals surface area contributed by atoms with Crippen molar-refractivity contribution in [2.45, 2.75) is 32.6 Å². The molecular weight excluding hydrogens is 243 g/mol. The van der Waals surface area contributed by atoms with E-state index in [0.717, 1.165) is 25.7 Å². The maximum Gasteiger partial charge on any atom is 0.187 e. The zero-order chi connectivity index (χ0) is 12.8. The van der Waals surface area contributed by atoms with E-state index in [9.17, 15) is 4.39 Å². The molecule has 0 spiro atoms. The molecule has 0 bridgehead atoms. The molecule has 0 aliphatic heterocycles. The molecule has 17 heavy (non-hydrogen) atoms.